The molecule has 3 aliphatic rings. The molecule has 0 unspecified atom stereocenters. The van der Waals surface area contributed by atoms with Crippen molar-refractivity contribution in [3.63, 3.8) is 0 Å². The number of aliphatic imine (C=N–C) groups is 1. The molecule has 4 rings (SSSR count). The maximum Gasteiger partial charge on any atom is 0.304 e. The molecule has 7 atom stereocenters. The summed E-state index contributed by atoms with van der Waals surface area (Å²) in [4.78, 5) is 94.7. The van der Waals surface area contributed by atoms with Gasteiger partial charge in [-0.15, -0.1) is 0 Å². The normalized spacial score (nSPS) is 29.4. The molecule has 0 aromatic carbocycles. The molecule has 2 saturated heterocycles. The fourth-order valence-corrected chi connectivity index (χ4v) is 5.71. The fourth-order valence-electron chi connectivity index (χ4n) is 5.71. The van der Waals surface area contributed by atoms with Gasteiger partial charge in [-0.25, -0.2) is 4.98 Å². The molecule has 0 amide bonds. The maximum absolute atomic E-state index is 14.1. The van der Waals surface area contributed by atoms with Crippen molar-refractivity contribution in [2.45, 2.75) is 83.2 Å². The van der Waals surface area contributed by atoms with Gasteiger partial charge in [0.25, 0.3) is 11.3 Å². The minimum absolute atomic E-state index is 0.0197. The minimum atomic E-state index is -2.10. The van der Waals surface area contributed by atoms with Gasteiger partial charge in [0.2, 0.25) is 0 Å². The molecule has 18 nitrogen and oxygen atoms in total. The average molecular weight is 652 g/mol. The Morgan fingerprint density at radius 1 is 0.783 bits per heavy atom. The van der Waals surface area contributed by atoms with E-state index in [9.17, 15) is 33.6 Å². The maximum atomic E-state index is 14.1. The predicted molar refractivity (Wildman–Crippen MR) is 147 cm³/mol. The molecule has 46 heavy (non-hydrogen) atoms. The van der Waals surface area contributed by atoms with E-state index in [1.807, 2.05) is 0 Å². The molecule has 0 saturated carbocycles. The van der Waals surface area contributed by atoms with E-state index in [1.165, 1.54) is 13.1 Å². The lowest BCUT2D eigenvalue weighted by Crippen LogP contribution is -2.56. The number of rotatable bonds is 10. The van der Waals surface area contributed by atoms with Crippen molar-refractivity contribution in [1.82, 2.24) is 9.55 Å². The molecule has 2 fully saturated rings. The molecule has 0 spiro atoms. The average Bonchev–Trinajstić information content (AvgIpc) is 3.61. The zero-order valence-corrected chi connectivity index (χ0v) is 25.8. The van der Waals surface area contributed by atoms with Crippen LogP contribution in [0.1, 0.15) is 53.2 Å². The molecular formula is C28H33N3O15. The standard InChI is InChI=1S/C28H33N3O15/c1-13(32)39-8-20-24(43-15(3)34)27(10-41-20,45-17(5)36)19-7-29-23-22(19)30-12-31(26(23)38)28(46-18(6)37)11-42-21(9-40-14(2)33)25(28)44-16(4)35/h7,12,19-21,24-25H,8-11H2,1-6H3/t19-,20+,21-,24-,25+,27-,28+/m1/s1. The first-order valence-electron chi connectivity index (χ1n) is 14.0. The number of fused-ring (bicyclic) bond motifs is 1. The second-order valence-corrected chi connectivity index (χ2v) is 10.8. The largest absolute Gasteiger partial charge is 0.463 e. The van der Waals surface area contributed by atoms with E-state index in [1.54, 1.807) is 0 Å². The third kappa shape index (κ3) is 6.62. The molecule has 3 aliphatic heterocycles. The quantitative estimate of drug-likeness (QED) is 0.226. The summed E-state index contributed by atoms with van der Waals surface area (Å²) in [6.07, 6.45) is -2.74. The van der Waals surface area contributed by atoms with Crippen LogP contribution < -0.4 is 5.56 Å². The summed E-state index contributed by atoms with van der Waals surface area (Å²) >= 11 is 0. The second kappa shape index (κ2) is 13.3. The van der Waals surface area contributed by atoms with Crippen LogP contribution in [0, 0.1) is 0 Å². The lowest BCUT2D eigenvalue weighted by Gasteiger charge is -2.37. The van der Waals surface area contributed by atoms with Gasteiger partial charge in [-0.05, 0) is 0 Å². The van der Waals surface area contributed by atoms with Crippen LogP contribution in [0.4, 0.5) is 5.69 Å². The number of carbonyl (C=O) groups is 6. The van der Waals surface area contributed by atoms with E-state index < -0.39 is 96.2 Å². The van der Waals surface area contributed by atoms with Crippen LogP contribution in [0.3, 0.4) is 0 Å². The number of hydrogen-bond acceptors (Lipinski definition) is 17. The van der Waals surface area contributed by atoms with Crippen LogP contribution >= 0.6 is 0 Å². The lowest BCUT2D eigenvalue weighted by atomic mass is 9.81. The number of hydrogen-bond donors (Lipinski definition) is 0. The van der Waals surface area contributed by atoms with E-state index in [0.717, 1.165) is 45.5 Å². The van der Waals surface area contributed by atoms with E-state index in [4.69, 9.17) is 37.9 Å². The van der Waals surface area contributed by atoms with Gasteiger partial charge in [0.1, 0.15) is 38.4 Å². The highest BCUT2D eigenvalue weighted by Gasteiger charge is 2.62. The molecule has 1 aromatic heterocycles. The SMILES string of the molecule is CC(=O)OC[C@@H]1OC[C@@](OC(C)=O)([C@@H]2C=Nc3c2ncn([C@]2(OC(C)=O)CO[C@H](COC(C)=O)[C@@H]2OC(C)=O)c3=O)[C@@H]1OC(C)=O. The van der Waals surface area contributed by atoms with Gasteiger partial charge in [-0.3, -0.25) is 43.1 Å². The van der Waals surface area contributed by atoms with Crippen LogP contribution in [0.5, 0.6) is 0 Å². The zero-order chi connectivity index (χ0) is 34.0. The number of nitrogens with zero attached hydrogens (tertiary/aromatic N) is 3. The van der Waals surface area contributed by atoms with Gasteiger partial charge in [-0.2, -0.15) is 0 Å². The highest BCUT2D eigenvalue weighted by molar-refractivity contribution is 5.82. The Balaban J connectivity index is 1.82. The lowest BCUT2D eigenvalue weighted by molar-refractivity contribution is -0.198. The first-order valence-corrected chi connectivity index (χ1v) is 14.0. The molecule has 0 bridgehead atoms. The Morgan fingerprint density at radius 2 is 1.33 bits per heavy atom. The van der Waals surface area contributed by atoms with Gasteiger partial charge >= 0.3 is 35.8 Å². The Kier molecular flexibility index (Phi) is 9.91. The summed E-state index contributed by atoms with van der Waals surface area (Å²) in [6.45, 7) is 5.10. The first-order chi connectivity index (χ1) is 21.6. The Bertz CT molecular complexity index is 1520. The van der Waals surface area contributed by atoms with Crippen LogP contribution in [-0.4, -0.2) is 108 Å². The van der Waals surface area contributed by atoms with Gasteiger partial charge in [0.05, 0.1) is 18.2 Å². The van der Waals surface area contributed by atoms with Gasteiger partial charge in [0, 0.05) is 47.8 Å². The van der Waals surface area contributed by atoms with Gasteiger partial charge < -0.3 is 37.9 Å². The molecule has 4 heterocycles. The van der Waals surface area contributed by atoms with Crippen molar-refractivity contribution in [2.75, 3.05) is 26.4 Å². The second-order valence-electron chi connectivity index (χ2n) is 10.8. The van der Waals surface area contributed by atoms with E-state index in [-0.39, 0.29) is 24.6 Å². The highest BCUT2D eigenvalue weighted by atomic mass is 16.7. The molecule has 18 heteroatoms. The summed E-state index contributed by atoms with van der Waals surface area (Å²) in [5.41, 5.74) is -5.08. The smallest absolute Gasteiger partial charge is 0.304 e. The Labute approximate surface area is 261 Å². The van der Waals surface area contributed by atoms with Crippen molar-refractivity contribution >= 4 is 47.7 Å². The van der Waals surface area contributed by atoms with Crippen molar-refractivity contribution in [1.29, 1.82) is 0 Å². The van der Waals surface area contributed by atoms with E-state index in [2.05, 4.69) is 9.98 Å². The monoisotopic (exact) mass is 651 g/mol. The molecular weight excluding hydrogens is 618 g/mol. The summed E-state index contributed by atoms with van der Waals surface area (Å²) in [5.74, 6) is -5.65. The van der Waals surface area contributed by atoms with Crippen LogP contribution in [-0.2, 0) is 72.4 Å². The predicted octanol–water partition coefficient (Wildman–Crippen LogP) is -0.652. The van der Waals surface area contributed by atoms with Crippen molar-refractivity contribution < 1.29 is 66.7 Å². The Morgan fingerprint density at radius 3 is 1.87 bits per heavy atom. The van der Waals surface area contributed by atoms with E-state index in [0.29, 0.717) is 0 Å². The first kappa shape index (κ1) is 34.2. The summed E-state index contributed by atoms with van der Waals surface area (Å²) in [7, 11) is 0. The van der Waals surface area contributed by atoms with Crippen molar-refractivity contribution in [2.24, 2.45) is 4.99 Å². The highest BCUT2D eigenvalue weighted by Crippen LogP contribution is 2.46. The number of esters is 6. The van der Waals surface area contributed by atoms with Gasteiger partial charge in [0.15, 0.2) is 23.5 Å². The van der Waals surface area contributed by atoms with E-state index >= 15 is 0 Å². The van der Waals surface area contributed by atoms with Crippen LogP contribution in [0.25, 0.3) is 0 Å². The molecule has 0 N–H and O–H groups in total. The number of carbonyl (C=O) groups excluding carboxylic acids is 6. The molecule has 0 aliphatic carbocycles. The molecule has 1 aromatic rings. The third-order valence-electron chi connectivity index (χ3n) is 7.33. The van der Waals surface area contributed by atoms with Gasteiger partial charge in [-0.1, -0.05) is 0 Å². The van der Waals surface area contributed by atoms with Crippen LogP contribution in [0.15, 0.2) is 16.1 Å². The van der Waals surface area contributed by atoms with Crippen LogP contribution in [0.2, 0.25) is 0 Å². The Hall–Kier alpha value is -4.71. The number of aromatic nitrogens is 2. The number of ether oxygens (including phenoxy) is 8. The summed E-state index contributed by atoms with van der Waals surface area (Å²) in [6, 6.07) is 0. The van der Waals surface area contributed by atoms with Crippen molar-refractivity contribution in [3.05, 3.63) is 22.4 Å². The third-order valence-corrected chi connectivity index (χ3v) is 7.33. The summed E-state index contributed by atoms with van der Waals surface area (Å²) in [5, 5.41) is 0. The summed E-state index contributed by atoms with van der Waals surface area (Å²) < 4.78 is 44.8. The topological polar surface area (TPSA) is 224 Å². The minimum Gasteiger partial charge on any atom is -0.463 e. The zero-order valence-electron chi connectivity index (χ0n) is 25.8. The fraction of sp³-hybridized carbons (Fsp3) is 0.607. The van der Waals surface area contributed by atoms with Crippen molar-refractivity contribution in [3.8, 4) is 0 Å². The molecule has 250 valence electrons. The molecule has 0 radical (unpaired) electrons.